The van der Waals surface area contributed by atoms with Gasteiger partial charge in [0.2, 0.25) is 0 Å². The molecule has 0 spiro atoms. The summed E-state index contributed by atoms with van der Waals surface area (Å²) in [7, 11) is 0. The number of aromatic nitrogens is 2. The number of nitrogens with one attached hydrogen (secondary N) is 1. The molecule has 0 amide bonds. The number of hydrogen-bond donors (Lipinski definition) is 1. The molecule has 4 heterocycles. The third kappa shape index (κ3) is 4.64. The van der Waals surface area contributed by atoms with Crippen LogP contribution < -0.4 is 10.2 Å². The number of para-hydroxylation sites is 2. The Balaban J connectivity index is 1.41. The summed E-state index contributed by atoms with van der Waals surface area (Å²) in [5, 5.41) is 4.95. The molecule has 0 saturated heterocycles. The average molecular weight is 621 g/mol. The highest BCUT2D eigenvalue weighted by Gasteiger charge is 2.34. The summed E-state index contributed by atoms with van der Waals surface area (Å²) in [6.45, 7) is 4.25. The Labute approximate surface area is 281 Å². The summed E-state index contributed by atoms with van der Waals surface area (Å²) in [6.07, 6.45) is 16.4. The van der Waals surface area contributed by atoms with Crippen molar-refractivity contribution >= 4 is 28.1 Å². The molecule has 0 saturated carbocycles. The molecule has 1 N–H and O–H groups in total. The summed E-state index contributed by atoms with van der Waals surface area (Å²) < 4.78 is 2.50. The number of anilines is 2. The molecule has 2 unspecified atom stereocenters. The maximum absolute atomic E-state index is 4.99. The van der Waals surface area contributed by atoms with E-state index in [1.54, 1.807) is 0 Å². The van der Waals surface area contributed by atoms with Crippen molar-refractivity contribution in [2.45, 2.75) is 32.4 Å². The van der Waals surface area contributed by atoms with Gasteiger partial charge < -0.3 is 10.2 Å². The predicted molar refractivity (Wildman–Crippen MR) is 201 cm³/mol. The Bertz CT molecular complexity index is 2350. The van der Waals surface area contributed by atoms with E-state index in [9.17, 15) is 0 Å². The van der Waals surface area contributed by atoms with E-state index in [2.05, 4.69) is 180 Å². The summed E-state index contributed by atoms with van der Waals surface area (Å²) in [5.74, 6) is 1.18. The van der Waals surface area contributed by atoms with E-state index in [0.29, 0.717) is 0 Å². The van der Waals surface area contributed by atoms with E-state index in [-0.39, 0.29) is 12.1 Å². The molecule has 6 aromatic rings. The van der Waals surface area contributed by atoms with Crippen LogP contribution in [0.4, 0.5) is 11.5 Å². The second kappa shape index (κ2) is 11.4. The van der Waals surface area contributed by atoms with Gasteiger partial charge in [-0.15, -0.1) is 0 Å². The molecule has 4 heteroatoms. The highest BCUT2D eigenvalue weighted by atomic mass is 15.3. The number of hydrogen-bond acceptors (Lipinski definition) is 3. The van der Waals surface area contributed by atoms with Crippen molar-refractivity contribution in [3.63, 3.8) is 0 Å². The fourth-order valence-electron chi connectivity index (χ4n) is 7.62. The molecule has 0 fully saturated rings. The standard InChI is InChI=1S/C44H36N4/c1-29-14-12-22-39(45-29)31-26-32(40-23-13-15-30(2)46-40)28-34(27-31)48-42-25-11-9-21-38(42)43-37-20-7-6-18-35(37)36-19-8-10-24-41(36)47(44(43)48)33-16-4-3-5-17-33/h3-16,18-29,33,45H,17H2,1-2H3. The summed E-state index contributed by atoms with van der Waals surface area (Å²) >= 11 is 0. The van der Waals surface area contributed by atoms with Crippen molar-refractivity contribution in [3.8, 4) is 39.2 Å². The number of rotatable bonds is 4. The molecule has 232 valence electrons. The predicted octanol–water partition coefficient (Wildman–Crippen LogP) is 10.6. The average Bonchev–Trinajstić information content (AvgIpc) is 3.40. The van der Waals surface area contributed by atoms with E-state index in [1.807, 2.05) is 0 Å². The van der Waals surface area contributed by atoms with Crippen LogP contribution in [0, 0.1) is 6.92 Å². The molecule has 0 radical (unpaired) electrons. The number of allylic oxidation sites excluding steroid dienone is 4. The first kappa shape index (κ1) is 28.4. The Morgan fingerprint density at radius 3 is 2.35 bits per heavy atom. The lowest BCUT2D eigenvalue weighted by molar-refractivity contribution is 0.769. The third-order valence-corrected chi connectivity index (χ3v) is 9.73. The van der Waals surface area contributed by atoms with Crippen molar-refractivity contribution in [2.24, 2.45) is 0 Å². The number of dihydropyridines is 1. The van der Waals surface area contributed by atoms with Crippen LogP contribution in [0.15, 0.2) is 152 Å². The van der Waals surface area contributed by atoms with E-state index >= 15 is 0 Å². The monoisotopic (exact) mass is 620 g/mol. The van der Waals surface area contributed by atoms with Gasteiger partial charge in [0.15, 0.2) is 0 Å². The molecular formula is C44H36N4. The van der Waals surface area contributed by atoms with Crippen LogP contribution in [-0.2, 0) is 0 Å². The molecule has 48 heavy (non-hydrogen) atoms. The molecule has 9 rings (SSSR count). The van der Waals surface area contributed by atoms with Gasteiger partial charge in [-0.2, -0.15) is 0 Å². The van der Waals surface area contributed by atoms with Crippen molar-refractivity contribution in [1.82, 2.24) is 14.9 Å². The molecule has 2 aliphatic heterocycles. The van der Waals surface area contributed by atoms with E-state index in [1.165, 1.54) is 44.7 Å². The largest absolute Gasteiger partial charge is 0.379 e. The van der Waals surface area contributed by atoms with E-state index < -0.39 is 0 Å². The van der Waals surface area contributed by atoms with Gasteiger partial charge in [-0.25, -0.2) is 0 Å². The zero-order chi connectivity index (χ0) is 32.2. The smallest absolute Gasteiger partial charge is 0.127 e. The molecule has 4 nitrogen and oxygen atoms in total. The van der Waals surface area contributed by atoms with Gasteiger partial charge in [-0.1, -0.05) is 103 Å². The van der Waals surface area contributed by atoms with Crippen LogP contribution in [-0.4, -0.2) is 21.6 Å². The number of aryl methyl sites for hydroxylation is 1. The quantitative estimate of drug-likeness (QED) is 0.213. The zero-order valence-electron chi connectivity index (χ0n) is 27.1. The van der Waals surface area contributed by atoms with Crippen molar-refractivity contribution < 1.29 is 0 Å². The topological polar surface area (TPSA) is 33.1 Å². The molecular weight excluding hydrogens is 585 g/mol. The van der Waals surface area contributed by atoms with Crippen LogP contribution in [0.2, 0.25) is 0 Å². The molecule has 2 atom stereocenters. The minimum atomic E-state index is 0.141. The Hall–Kier alpha value is -5.87. The highest BCUT2D eigenvalue weighted by Crippen LogP contribution is 2.53. The minimum Gasteiger partial charge on any atom is -0.379 e. The third-order valence-electron chi connectivity index (χ3n) is 9.73. The first-order valence-electron chi connectivity index (χ1n) is 16.8. The van der Waals surface area contributed by atoms with Gasteiger partial charge in [0, 0.05) is 50.8 Å². The SMILES string of the molecule is Cc1cccc(-c2cc(C3=CC=CC(C)N3)cc(-n3c4c(c5ccccc53)-c3ccccc3-c3ccccc3N4C3C=CC=CC3)c2)n1. The lowest BCUT2D eigenvalue weighted by Gasteiger charge is -2.34. The van der Waals surface area contributed by atoms with Crippen molar-refractivity contribution in [1.29, 1.82) is 0 Å². The first-order valence-corrected chi connectivity index (χ1v) is 16.8. The van der Waals surface area contributed by atoms with Crippen LogP contribution in [0.25, 0.3) is 55.8 Å². The van der Waals surface area contributed by atoms with Gasteiger partial charge in [0.1, 0.15) is 5.82 Å². The van der Waals surface area contributed by atoms with E-state index in [4.69, 9.17) is 4.98 Å². The lowest BCUT2D eigenvalue weighted by Crippen LogP contribution is -2.31. The molecule has 3 aliphatic rings. The van der Waals surface area contributed by atoms with Crippen LogP contribution in [0.1, 0.15) is 24.6 Å². The highest BCUT2D eigenvalue weighted by molar-refractivity contribution is 6.11. The minimum absolute atomic E-state index is 0.141. The maximum atomic E-state index is 4.99. The Morgan fingerprint density at radius 2 is 1.52 bits per heavy atom. The number of nitrogens with zero attached hydrogens (tertiary/aromatic N) is 3. The van der Waals surface area contributed by atoms with Gasteiger partial charge in [0.25, 0.3) is 0 Å². The first-order chi connectivity index (χ1) is 23.6. The van der Waals surface area contributed by atoms with Crippen LogP contribution >= 0.6 is 0 Å². The van der Waals surface area contributed by atoms with Crippen molar-refractivity contribution in [3.05, 3.63) is 163 Å². The van der Waals surface area contributed by atoms with Crippen molar-refractivity contribution in [2.75, 3.05) is 4.90 Å². The number of benzene rings is 4. The van der Waals surface area contributed by atoms with Crippen LogP contribution in [0.5, 0.6) is 0 Å². The fourth-order valence-corrected chi connectivity index (χ4v) is 7.62. The second-order valence-electron chi connectivity index (χ2n) is 12.9. The number of fused-ring (bicyclic) bond motifs is 7. The maximum Gasteiger partial charge on any atom is 0.127 e. The van der Waals surface area contributed by atoms with Gasteiger partial charge in [0.05, 0.1) is 22.9 Å². The number of pyridine rings is 1. The lowest BCUT2D eigenvalue weighted by atomic mass is 9.94. The zero-order valence-corrected chi connectivity index (χ0v) is 27.1. The second-order valence-corrected chi connectivity index (χ2v) is 12.9. The molecule has 4 aromatic carbocycles. The van der Waals surface area contributed by atoms with Crippen LogP contribution in [0.3, 0.4) is 0 Å². The fraction of sp³-hybridized carbons (Fsp3) is 0.114. The summed E-state index contributed by atoms with van der Waals surface area (Å²) in [6, 6.07) is 40.3. The normalized spacial score (nSPS) is 17.7. The van der Waals surface area contributed by atoms with E-state index in [0.717, 1.165) is 40.3 Å². The molecule has 0 bridgehead atoms. The Morgan fingerprint density at radius 1 is 0.729 bits per heavy atom. The Kier molecular flexibility index (Phi) is 6.75. The van der Waals surface area contributed by atoms with Gasteiger partial charge in [-0.3, -0.25) is 9.55 Å². The van der Waals surface area contributed by atoms with Gasteiger partial charge >= 0.3 is 0 Å². The summed E-state index contributed by atoms with van der Waals surface area (Å²) in [4.78, 5) is 7.58. The molecule has 2 aromatic heterocycles. The van der Waals surface area contributed by atoms with Gasteiger partial charge in [-0.05, 0) is 79.9 Å². The summed E-state index contributed by atoms with van der Waals surface area (Å²) in [5.41, 5.74) is 13.8. The molecule has 1 aliphatic carbocycles.